The van der Waals surface area contributed by atoms with Gasteiger partial charge in [0.2, 0.25) is 5.91 Å². The molecule has 0 heterocycles. The molecule has 0 radical (unpaired) electrons. The third kappa shape index (κ3) is 4.00. The van der Waals surface area contributed by atoms with E-state index in [1.165, 1.54) is 12.4 Å². The lowest BCUT2D eigenvalue weighted by Crippen LogP contribution is -2.37. The molecular formula is C5H9N2O4P. The third-order valence-corrected chi connectivity index (χ3v) is 1.59. The average Bonchev–Trinajstić information content (AvgIpc) is 2.03. The first-order valence-corrected chi connectivity index (χ1v) is 4.09. The van der Waals surface area contributed by atoms with Crippen LogP contribution in [0, 0.1) is 0 Å². The van der Waals surface area contributed by atoms with Gasteiger partial charge in [0, 0.05) is 6.92 Å². The molecule has 0 aromatic heterocycles. The second-order valence-electron chi connectivity index (χ2n) is 2.02. The largest absolute Gasteiger partial charge is 0.322 e. The van der Waals surface area contributed by atoms with E-state index in [1.807, 2.05) is 0 Å². The van der Waals surface area contributed by atoms with Crippen molar-refractivity contribution in [2.24, 2.45) is 0 Å². The second kappa shape index (κ2) is 5.62. The summed E-state index contributed by atoms with van der Waals surface area (Å²) in [7, 11) is -0.245. The van der Waals surface area contributed by atoms with Crippen molar-refractivity contribution in [3.05, 3.63) is 0 Å². The van der Waals surface area contributed by atoms with Gasteiger partial charge in [0.15, 0.2) is 8.46 Å². The van der Waals surface area contributed by atoms with Gasteiger partial charge in [-0.1, -0.05) is 0 Å². The number of rotatable bonds is 4. The number of nitrogens with one attached hydrogen (secondary N) is 1. The maximum absolute atomic E-state index is 10.7. The van der Waals surface area contributed by atoms with Crippen LogP contribution in [0.1, 0.15) is 6.92 Å². The highest BCUT2D eigenvalue weighted by atomic mass is 31.1. The van der Waals surface area contributed by atoms with Crippen molar-refractivity contribution in [2.75, 3.05) is 12.8 Å². The summed E-state index contributed by atoms with van der Waals surface area (Å²) < 4.78 is 10.1. The summed E-state index contributed by atoms with van der Waals surface area (Å²) in [5.41, 5.74) is 1.37. The van der Waals surface area contributed by atoms with E-state index in [0.717, 1.165) is 4.90 Å². The van der Waals surface area contributed by atoms with E-state index in [9.17, 15) is 14.2 Å². The molecule has 6 nitrogen and oxygen atoms in total. The molecule has 12 heavy (non-hydrogen) atoms. The minimum Gasteiger partial charge on any atom is -0.322 e. The molecule has 0 aliphatic carbocycles. The molecule has 0 aliphatic rings. The van der Waals surface area contributed by atoms with Crippen LogP contribution in [0.25, 0.3) is 0 Å². The zero-order valence-electron chi connectivity index (χ0n) is 6.48. The van der Waals surface area contributed by atoms with Crippen molar-refractivity contribution in [1.82, 2.24) is 10.4 Å². The summed E-state index contributed by atoms with van der Waals surface area (Å²) in [6.45, 7) is 0.955. The van der Waals surface area contributed by atoms with Crippen molar-refractivity contribution in [1.29, 1.82) is 0 Å². The van der Waals surface area contributed by atoms with Gasteiger partial charge < -0.3 is 4.90 Å². The second-order valence-corrected chi connectivity index (χ2v) is 2.56. The molecule has 2 amide bonds. The van der Waals surface area contributed by atoms with Gasteiger partial charge in [-0.25, -0.2) is 5.48 Å². The van der Waals surface area contributed by atoms with Gasteiger partial charge in [-0.3, -0.25) is 19.4 Å². The SMILES string of the molecule is CC(=O)N(CP=O)CC(=O)NO. The zero-order chi connectivity index (χ0) is 9.56. The normalized spacial score (nSPS) is 9.50. The van der Waals surface area contributed by atoms with E-state index < -0.39 is 5.91 Å². The van der Waals surface area contributed by atoms with Crippen LogP contribution in [0.2, 0.25) is 0 Å². The molecule has 0 spiro atoms. The molecule has 2 N–H and O–H groups in total. The summed E-state index contributed by atoms with van der Waals surface area (Å²) in [6, 6.07) is 0. The molecule has 0 saturated carbocycles. The lowest BCUT2D eigenvalue weighted by Gasteiger charge is -2.15. The highest BCUT2D eigenvalue weighted by Crippen LogP contribution is 1.98. The number of carbonyl (C=O) groups is 2. The molecular weight excluding hydrogens is 183 g/mol. The van der Waals surface area contributed by atoms with Crippen LogP contribution in [0.3, 0.4) is 0 Å². The van der Waals surface area contributed by atoms with Crippen LogP contribution < -0.4 is 5.48 Å². The molecule has 0 atom stereocenters. The highest BCUT2D eigenvalue weighted by Gasteiger charge is 2.12. The summed E-state index contributed by atoms with van der Waals surface area (Å²) in [5, 5.41) is 8.12. The summed E-state index contributed by atoms with van der Waals surface area (Å²) >= 11 is 0. The predicted octanol–water partition coefficient (Wildman–Crippen LogP) is -0.411. The van der Waals surface area contributed by atoms with Crippen molar-refractivity contribution in [3.8, 4) is 0 Å². The lowest BCUT2D eigenvalue weighted by molar-refractivity contribution is -0.137. The van der Waals surface area contributed by atoms with Crippen LogP contribution in [0.5, 0.6) is 0 Å². The van der Waals surface area contributed by atoms with Crippen LogP contribution in [0.15, 0.2) is 0 Å². The van der Waals surface area contributed by atoms with Crippen molar-refractivity contribution < 1.29 is 19.4 Å². The molecule has 0 fully saturated rings. The monoisotopic (exact) mass is 192 g/mol. The van der Waals surface area contributed by atoms with Crippen LogP contribution >= 0.6 is 8.46 Å². The number of hydroxylamine groups is 1. The minimum atomic E-state index is -0.714. The number of nitrogens with zero attached hydrogens (tertiary/aromatic N) is 1. The van der Waals surface area contributed by atoms with E-state index in [2.05, 4.69) is 0 Å². The van der Waals surface area contributed by atoms with Crippen LogP contribution in [-0.4, -0.2) is 34.8 Å². The fourth-order valence-corrected chi connectivity index (χ4v) is 0.978. The Morgan fingerprint density at radius 2 is 2.17 bits per heavy atom. The first kappa shape index (κ1) is 11.0. The molecule has 0 unspecified atom stereocenters. The smallest absolute Gasteiger partial charge is 0.262 e. The van der Waals surface area contributed by atoms with Gasteiger partial charge in [0.05, 0.1) is 0 Å². The van der Waals surface area contributed by atoms with Crippen molar-refractivity contribution in [2.45, 2.75) is 6.92 Å². The lowest BCUT2D eigenvalue weighted by atomic mass is 10.5. The standard InChI is InChI=1S/C5H9N2O4P/c1-4(8)7(3-12-11)2-5(9)6-10/h10H,2-3H2,1H3,(H,6,9). The van der Waals surface area contributed by atoms with Gasteiger partial charge >= 0.3 is 0 Å². The van der Waals surface area contributed by atoms with E-state index in [0.29, 0.717) is 0 Å². The average molecular weight is 192 g/mol. The number of carbonyl (C=O) groups excluding carboxylic acids is 2. The van der Waals surface area contributed by atoms with Crippen molar-refractivity contribution >= 4 is 20.3 Å². The fourth-order valence-electron chi connectivity index (χ4n) is 0.539. The van der Waals surface area contributed by atoms with Gasteiger partial charge in [-0.05, 0) is 0 Å². The molecule has 0 saturated heterocycles. The first-order valence-electron chi connectivity index (χ1n) is 3.09. The number of hydrogen-bond donors (Lipinski definition) is 2. The van der Waals surface area contributed by atoms with Gasteiger partial charge in [-0.2, -0.15) is 0 Å². The Balaban J connectivity index is 4.03. The Labute approximate surface area is 70.7 Å². The Bertz CT molecular complexity index is 196. The van der Waals surface area contributed by atoms with Crippen molar-refractivity contribution in [3.63, 3.8) is 0 Å². The third-order valence-electron chi connectivity index (χ3n) is 1.13. The van der Waals surface area contributed by atoms with Crippen LogP contribution in [-0.2, 0) is 14.2 Å². The molecule has 0 aromatic rings. The fraction of sp³-hybridized carbons (Fsp3) is 0.600. The molecule has 7 heteroatoms. The minimum absolute atomic E-state index is 0.0528. The van der Waals surface area contributed by atoms with E-state index in [4.69, 9.17) is 5.21 Å². The van der Waals surface area contributed by atoms with Gasteiger partial charge in [-0.15, -0.1) is 0 Å². The van der Waals surface area contributed by atoms with E-state index in [1.54, 1.807) is 0 Å². The van der Waals surface area contributed by atoms with E-state index in [-0.39, 0.29) is 27.2 Å². The Hall–Kier alpha value is -1.00. The van der Waals surface area contributed by atoms with Gasteiger partial charge in [0.1, 0.15) is 12.8 Å². The number of amides is 2. The molecule has 0 rings (SSSR count). The molecule has 68 valence electrons. The maximum atomic E-state index is 10.7. The molecule has 0 aromatic carbocycles. The summed E-state index contributed by atoms with van der Waals surface area (Å²) in [4.78, 5) is 22.3. The van der Waals surface area contributed by atoms with Gasteiger partial charge in [0.25, 0.3) is 5.91 Å². The topological polar surface area (TPSA) is 86.7 Å². The quantitative estimate of drug-likeness (QED) is 0.360. The van der Waals surface area contributed by atoms with Crippen LogP contribution in [0.4, 0.5) is 0 Å². The highest BCUT2D eigenvalue weighted by molar-refractivity contribution is 7.23. The molecule has 0 bridgehead atoms. The summed E-state index contributed by atoms with van der Waals surface area (Å²) in [6.07, 6.45) is -0.0528. The first-order chi connectivity index (χ1) is 5.61. The number of hydrogen-bond acceptors (Lipinski definition) is 4. The summed E-state index contributed by atoms with van der Waals surface area (Å²) in [5.74, 6) is -1.09. The Kier molecular flexibility index (Phi) is 5.16. The Morgan fingerprint density at radius 1 is 1.58 bits per heavy atom. The Morgan fingerprint density at radius 3 is 2.50 bits per heavy atom. The zero-order valence-corrected chi connectivity index (χ0v) is 7.38. The maximum Gasteiger partial charge on any atom is 0.262 e. The van der Waals surface area contributed by atoms with E-state index >= 15 is 0 Å². The predicted molar refractivity (Wildman–Crippen MR) is 39.8 cm³/mol. The molecule has 0 aliphatic heterocycles.